The smallest absolute Gasteiger partial charge is 0.251 e. The molecule has 0 bridgehead atoms. The van der Waals surface area contributed by atoms with Crippen molar-refractivity contribution in [1.29, 1.82) is 0 Å². The van der Waals surface area contributed by atoms with E-state index in [1.807, 2.05) is 38.1 Å². The quantitative estimate of drug-likeness (QED) is 0.359. The Morgan fingerprint density at radius 3 is 2.31 bits per heavy atom. The third kappa shape index (κ3) is 8.34. The number of aliphatic hydroxyl groups is 1. The van der Waals surface area contributed by atoms with Gasteiger partial charge in [0, 0.05) is 31.8 Å². The minimum absolute atomic E-state index is 0.0524. The number of amides is 1. The van der Waals surface area contributed by atoms with E-state index in [-0.39, 0.29) is 12.5 Å². The fraction of sp³-hybridized carbons (Fsp3) is 0.600. The molecule has 1 rings (SSSR count). The van der Waals surface area contributed by atoms with E-state index in [1.165, 1.54) is 0 Å². The van der Waals surface area contributed by atoms with E-state index in [9.17, 15) is 9.90 Å². The highest BCUT2D eigenvalue weighted by Gasteiger charge is 2.08. The van der Waals surface area contributed by atoms with Crippen LogP contribution in [0.15, 0.2) is 29.3 Å². The molecule has 0 fully saturated rings. The summed E-state index contributed by atoms with van der Waals surface area (Å²) in [6.45, 7) is 9.08. The summed E-state index contributed by atoms with van der Waals surface area (Å²) in [5.41, 5.74) is 1.71. The summed E-state index contributed by atoms with van der Waals surface area (Å²) in [4.78, 5) is 16.4. The van der Waals surface area contributed by atoms with Crippen LogP contribution in [0.1, 0.15) is 56.0 Å². The third-order valence-electron chi connectivity index (χ3n) is 4.11. The van der Waals surface area contributed by atoms with Crippen LogP contribution in [0.25, 0.3) is 0 Å². The molecule has 0 aromatic heterocycles. The largest absolute Gasteiger partial charge is 0.396 e. The van der Waals surface area contributed by atoms with E-state index >= 15 is 0 Å². The first-order chi connectivity index (χ1) is 12.6. The Labute approximate surface area is 157 Å². The van der Waals surface area contributed by atoms with Gasteiger partial charge in [-0.3, -0.25) is 4.79 Å². The van der Waals surface area contributed by atoms with Gasteiger partial charge in [-0.1, -0.05) is 25.5 Å². The van der Waals surface area contributed by atoms with Gasteiger partial charge >= 0.3 is 0 Å². The first-order valence-corrected chi connectivity index (χ1v) is 9.64. The molecule has 0 radical (unpaired) electrons. The van der Waals surface area contributed by atoms with Gasteiger partial charge in [0.15, 0.2) is 5.96 Å². The summed E-state index contributed by atoms with van der Waals surface area (Å²) < 4.78 is 0. The predicted molar refractivity (Wildman–Crippen MR) is 107 cm³/mol. The Bertz CT molecular complexity index is 537. The van der Waals surface area contributed by atoms with Crippen molar-refractivity contribution in [2.24, 2.45) is 10.9 Å². The average Bonchev–Trinajstić information content (AvgIpc) is 2.65. The molecule has 0 saturated heterocycles. The lowest BCUT2D eigenvalue weighted by molar-refractivity contribution is 0.0956. The molecule has 6 nitrogen and oxygen atoms in total. The van der Waals surface area contributed by atoms with Crippen LogP contribution in [0, 0.1) is 5.92 Å². The van der Waals surface area contributed by atoms with Crippen LogP contribution < -0.4 is 16.0 Å². The molecule has 1 amide bonds. The molecule has 0 aliphatic carbocycles. The molecular formula is C20H34N4O2. The second-order valence-corrected chi connectivity index (χ2v) is 6.30. The number of nitrogens with zero attached hydrogens (tertiary/aromatic N) is 1. The van der Waals surface area contributed by atoms with Crippen molar-refractivity contribution in [3.8, 4) is 0 Å². The van der Waals surface area contributed by atoms with E-state index in [4.69, 9.17) is 0 Å². The van der Waals surface area contributed by atoms with Crippen molar-refractivity contribution < 1.29 is 9.90 Å². The predicted octanol–water partition coefficient (Wildman–Crippen LogP) is 2.29. The summed E-state index contributed by atoms with van der Waals surface area (Å²) in [7, 11) is 0. The molecular weight excluding hydrogens is 328 g/mol. The van der Waals surface area contributed by atoms with Crippen LogP contribution in [-0.4, -0.2) is 43.2 Å². The molecule has 0 heterocycles. The monoisotopic (exact) mass is 362 g/mol. The average molecular weight is 363 g/mol. The zero-order valence-electron chi connectivity index (χ0n) is 16.3. The van der Waals surface area contributed by atoms with Crippen LogP contribution in [0.3, 0.4) is 0 Å². The van der Waals surface area contributed by atoms with Gasteiger partial charge in [-0.15, -0.1) is 0 Å². The standard InChI is InChI=1S/C20H34N4O2/c1-4-7-16(12-13-25)14-23-20(22-6-3)24-15-17-8-10-18(11-9-17)19(26)21-5-2/h8-11,16,25H,4-7,12-15H2,1-3H3,(H,21,26)(H2,22,23,24). The number of rotatable bonds is 11. The number of hydrogen-bond acceptors (Lipinski definition) is 3. The van der Waals surface area contributed by atoms with Crippen molar-refractivity contribution in [1.82, 2.24) is 16.0 Å². The van der Waals surface area contributed by atoms with Crippen molar-refractivity contribution in [2.75, 3.05) is 26.2 Å². The first kappa shape index (κ1) is 22.0. The van der Waals surface area contributed by atoms with Gasteiger partial charge in [0.2, 0.25) is 0 Å². The molecule has 4 N–H and O–H groups in total. The molecule has 26 heavy (non-hydrogen) atoms. The topological polar surface area (TPSA) is 85.8 Å². The van der Waals surface area contributed by atoms with Gasteiger partial charge in [0.1, 0.15) is 0 Å². The van der Waals surface area contributed by atoms with Gasteiger partial charge in [-0.05, 0) is 50.3 Å². The number of carbonyl (C=O) groups excluding carboxylic acids is 1. The number of guanidine groups is 1. The summed E-state index contributed by atoms with van der Waals surface area (Å²) in [5.74, 6) is 1.17. The summed E-state index contributed by atoms with van der Waals surface area (Å²) >= 11 is 0. The Balaban J connectivity index is 2.63. The third-order valence-corrected chi connectivity index (χ3v) is 4.11. The van der Waals surface area contributed by atoms with Crippen LogP contribution in [0.5, 0.6) is 0 Å². The lowest BCUT2D eigenvalue weighted by atomic mass is 10.0. The fourth-order valence-electron chi connectivity index (χ4n) is 2.72. The van der Waals surface area contributed by atoms with E-state index in [2.05, 4.69) is 27.9 Å². The number of hydrogen-bond donors (Lipinski definition) is 4. The molecule has 1 aromatic carbocycles. The summed E-state index contributed by atoms with van der Waals surface area (Å²) in [5, 5.41) is 18.6. The minimum atomic E-state index is -0.0524. The zero-order chi connectivity index (χ0) is 19.2. The normalized spacial score (nSPS) is 12.5. The molecule has 0 aliphatic heterocycles. The Morgan fingerprint density at radius 2 is 1.73 bits per heavy atom. The molecule has 6 heteroatoms. The van der Waals surface area contributed by atoms with Gasteiger partial charge in [-0.2, -0.15) is 0 Å². The summed E-state index contributed by atoms with van der Waals surface area (Å²) in [6, 6.07) is 7.52. The minimum Gasteiger partial charge on any atom is -0.396 e. The number of aliphatic imine (C=N–C) groups is 1. The molecule has 1 unspecified atom stereocenters. The van der Waals surface area contributed by atoms with E-state index < -0.39 is 0 Å². The van der Waals surface area contributed by atoms with Gasteiger partial charge in [0.25, 0.3) is 5.91 Å². The number of aliphatic hydroxyl groups excluding tert-OH is 1. The Kier molecular flexibility index (Phi) is 11.1. The zero-order valence-corrected chi connectivity index (χ0v) is 16.3. The van der Waals surface area contributed by atoms with E-state index in [0.29, 0.717) is 24.6 Å². The maximum absolute atomic E-state index is 11.8. The summed E-state index contributed by atoms with van der Waals surface area (Å²) in [6.07, 6.45) is 3.01. The first-order valence-electron chi connectivity index (χ1n) is 9.64. The van der Waals surface area contributed by atoms with Gasteiger partial charge in [-0.25, -0.2) is 4.99 Å². The number of nitrogens with one attached hydrogen (secondary N) is 3. The highest BCUT2D eigenvalue weighted by atomic mass is 16.3. The fourth-order valence-corrected chi connectivity index (χ4v) is 2.72. The van der Waals surface area contributed by atoms with Crippen molar-refractivity contribution in [3.05, 3.63) is 35.4 Å². The van der Waals surface area contributed by atoms with Crippen molar-refractivity contribution in [2.45, 2.75) is 46.6 Å². The van der Waals surface area contributed by atoms with Crippen LogP contribution >= 0.6 is 0 Å². The number of carbonyl (C=O) groups is 1. The van der Waals surface area contributed by atoms with Crippen LogP contribution in [0.2, 0.25) is 0 Å². The maximum atomic E-state index is 11.8. The molecule has 0 aliphatic rings. The van der Waals surface area contributed by atoms with Crippen LogP contribution in [-0.2, 0) is 6.54 Å². The Hall–Kier alpha value is -2.08. The van der Waals surface area contributed by atoms with E-state index in [0.717, 1.165) is 43.9 Å². The van der Waals surface area contributed by atoms with Gasteiger partial charge < -0.3 is 21.1 Å². The lowest BCUT2D eigenvalue weighted by Gasteiger charge is -2.18. The SMILES string of the molecule is CCCC(CCO)CNC(=NCc1ccc(C(=O)NCC)cc1)NCC. The van der Waals surface area contributed by atoms with Crippen molar-refractivity contribution in [3.63, 3.8) is 0 Å². The van der Waals surface area contributed by atoms with Gasteiger partial charge in [0.05, 0.1) is 6.54 Å². The Morgan fingerprint density at radius 1 is 1.04 bits per heavy atom. The second kappa shape index (κ2) is 13.2. The molecule has 1 aromatic rings. The maximum Gasteiger partial charge on any atom is 0.251 e. The van der Waals surface area contributed by atoms with E-state index in [1.54, 1.807) is 0 Å². The number of benzene rings is 1. The van der Waals surface area contributed by atoms with Crippen molar-refractivity contribution >= 4 is 11.9 Å². The van der Waals surface area contributed by atoms with Crippen LogP contribution in [0.4, 0.5) is 0 Å². The second-order valence-electron chi connectivity index (χ2n) is 6.30. The highest BCUT2D eigenvalue weighted by Crippen LogP contribution is 2.09. The molecule has 0 saturated carbocycles. The molecule has 146 valence electrons. The molecule has 0 spiro atoms. The highest BCUT2D eigenvalue weighted by molar-refractivity contribution is 5.94. The molecule has 1 atom stereocenters. The lowest BCUT2D eigenvalue weighted by Crippen LogP contribution is -2.40.